The lowest BCUT2D eigenvalue weighted by atomic mass is 9.88. The summed E-state index contributed by atoms with van der Waals surface area (Å²) >= 11 is 0. The Kier molecular flexibility index (Phi) is 11.5. The lowest BCUT2D eigenvalue weighted by Crippen LogP contribution is -2.59. The van der Waals surface area contributed by atoms with Crippen LogP contribution in [0.15, 0.2) is 36.5 Å². The van der Waals surface area contributed by atoms with Crippen LogP contribution in [0.2, 0.25) is 0 Å². The van der Waals surface area contributed by atoms with Gasteiger partial charge < -0.3 is 29.7 Å². The molecule has 57 heavy (non-hydrogen) atoms. The quantitative estimate of drug-likeness (QED) is 0.250. The first-order chi connectivity index (χ1) is 26.7. The largest absolute Gasteiger partial charge is 0.494 e. The number of allylic oxidation sites excluding steroid dienone is 1. The average Bonchev–Trinajstić information content (AvgIpc) is 4.05. The van der Waals surface area contributed by atoms with E-state index in [1.165, 1.54) is 19.4 Å². The predicted molar refractivity (Wildman–Crippen MR) is 197 cm³/mol. The van der Waals surface area contributed by atoms with Crippen LogP contribution in [0.25, 0.3) is 10.8 Å². The maximum atomic E-state index is 14.8. The normalized spacial score (nSPS) is 29.2. The summed E-state index contributed by atoms with van der Waals surface area (Å²) in [5.41, 5.74) is -4.57. The number of fused-ring (bicyclic) bond motifs is 3. The first kappa shape index (κ1) is 41.9. The fraction of sp³-hybridized carbons (Fsp3) is 0.605. The molecule has 4 amide bonds. The number of hydrogen-bond donors (Lipinski definition) is 3. The van der Waals surface area contributed by atoms with Gasteiger partial charge in [0, 0.05) is 23.9 Å². The number of benzene rings is 1. The second-order valence-corrected chi connectivity index (χ2v) is 18.1. The Morgan fingerprint density at radius 2 is 1.81 bits per heavy atom. The number of hydrogen-bond acceptors (Lipinski definition) is 10. The van der Waals surface area contributed by atoms with Gasteiger partial charge in [-0.05, 0) is 87.8 Å². The Labute approximate surface area is 327 Å². The van der Waals surface area contributed by atoms with E-state index >= 15 is 0 Å². The molecule has 0 bridgehead atoms. The third-order valence-corrected chi connectivity index (χ3v) is 13.0. The van der Waals surface area contributed by atoms with E-state index in [1.54, 1.807) is 19.1 Å². The molecule has 1 aromatic carbocycles. The summed E-state index contributed by atoms with van der Waals surface area (Å²) in [6.45, 7) is 4.61. The number of alkyl carbamates (subject to hydrolysis) is 1. The number of nitrogens with zero attached hydrogens (tertiary/aromatic N) is 2. The van der Waals surface area contributed by atoms with Crippen molar-refractivity contribution in [2.24, 2.45) is 17.8 Å². The van der Waals surface area contributed by atoms with Crippen LogP contribution in [0, 0.1) is 23.6 Å². The number of sulfonamides is 1. The van der Waals surface area contributed by atoms with Crippen molar-refractivity contribution in [3.05, 3.63) is 42.4 Å². The number of alkyl halides is 3. The van der Waals surface area contributed by atoms with Crippen LogP contribution < -0.4 is 24.8 Å². The van der Waals surface area contributed by atoms with Gasteiger partial charge in [-0.15, -0.1) is 0 Å². The van der Waals surface area contributed by atoms with Crippen LogP contribution in [-0.2, 0) is 29.1 Å². The molecule has 0 unspecified atom stereocenters. The number of nitrogens with one attached hydrogen (secondary N) is 3. The summed E-state index contributed by atoms with van der Waals surface area (Å²) in [5.74, 6) is -4.65. The van der Waals surface area contributed by atoms with Crippen molar-refractivity contribution in [3.63, 3.8) is 0 Å². The van der Waals surface area contributed by atoms with Gasteiger partial charge in [0.1, 0.15) is 23.7 Å². The maximum Gasteiger partial charge on any atom is 0.427 e. The highest BCUT2D eigenvalue weighted by Gasteiger charge is 2.62. The number of methoxy groups -OCH3 is 1. The highest BCUT2D eigenvalue weighted by molar-refractivity contribution is 7.91. The topological polar surface area (TPSA) is 182 Å². The summed E-state index contributed by atoms with van der Waals surface area (Å²) in [4.78, 5) is 61.3. The average molecular weight is 826 g/mol. The van der Waals surface area contributed by atoms with Crippen LogP contribution in [-0.4, -0.2) is 96.5 Å². The van der Waals surface area contributed by atoms with Gasteiger partial charge in [0.25, 0.3) is 5.91 Å². The predicted octanol–water partition coefficient (Wildman–Crippen LogP) is 4.66. The van der Waals surface area contributed by atoms with Gasteiger partial charge in [-0.2, -0.15) is 13.2 Å². The van der Waals surface area contributed by atoms with Crippen LogP contribution >= 0.6 is 0 Å². The zero-order chi connectivity index (χ0) is 41.7. The summed E-state index contributed by atoms with van der Waals surface area (Å²) in [7, 11) is -2.69. The minimum atomic E-state index is -4.93. The number of pyridine rings is 1. The molecule has 2 aliphatic heterocycles. The molecule has 3 heterocycles. The number of carbonyl (C=O) groups is 4. The molecule has 2 saturated carbocycles. The molecule has 6 rings (SSSR count). The van der Waals surface area contributed by atoms with E-state index in [9.17, 15) is 45.2 Å². The smallest absolute Gasteiger partial charge is 0.427 e. The molecule has 3 fully saturated rings. The van der Waals surface area contributed by atoms with Gasteiger partial charge in [-0.25, -0.2) is 22.6 Å². The Morgan fingerprint density at radius 1 is 1.09 bits per heavy atom. The highest BCUT2D eigenvalue weighted by Crippen LogP contribution is 2.46. The van der Waals surface area contributed by atoms with Crippen LogP contribution in [0.3, 0.4) is 0 Å². The van der Waals surface area contributed by atoms with Crippen molar-refractivity contribution in [1.82, 2.24) is 25.2 Å². The third-order valence-electron chi connectivity index (χ3n) is 11.2. The van der Waals surface area contributed by atoms with Gasteiger partial charge in [-0.3, -0.25) is 19.1 Å². The molecule has 2 aliphatic carbocycles. The lowest BCUT2D eigenvalue weighted by Gasteiger charge is -2.34. The zero-order valence-corrected chi connectivity index (χ0v) is 33.0. The molecule has 3 N–H and O–H groups in total. The van der Waals surface area contributed by atoms with Crippen molar-refractivity contribution in [3.8, 4) is 11.6 Å². The second-order valence-electron chi connectivity index (χ2n) is 16.1. The minimum Gasteiger partial charge on any atom is -0.494 e. The number of carbonyl (C=O) groups excluding carboxylic acids is 4. The Balaban J connectivity index is 1.35. The molecule has 2 aromatic rings. The SMILES string of the molecule is COc1cc2ccnc(O[C@@H]3C[C@H]4C(=O)N[C@]5(C(=O)NS(=O)(=O)C6CC6)C[C@H]5/C=C\CC[C@@H](C)C[C@@H](C)[C@H](NC(=O)OC(C)(C)C(F)(F)F)C(=O)N4C3)c2cc1F. The highest BCUT2D eigenvalue weighted by atomic mass is 32.2. The van der Waals surface area contributed by atoms with Gasteiger partial charge >= 0.3 is 12.3 Å². The lowest BCUT2D eigenvalue weighted by molar-refractivity contribution is -0.244. The van der Waals surface area contributed by atoms with Crippen molar-refractivity contribution < 1.29 is 59.4 Å². The molecule has 1 aromatic heterocycles. The zero-order valence-electron chi connectivity index (χ0n) is 32.2. The molecule has 1 saturated heterocycles. The number of rotatable bonds is 8. The minimum absolute atomic E-state index is 0.0241. The second kappa shape index (κ2) is 15.6. The van der Waals surface area contributed by atoms with Crippen molar-refractivity contribution in [1.29, 1.82) is 0 Å². The summed E-state index contributed by atoms with van der Waals surface area (Å²) in [6.07, 6.45) is -0.296. The molecular weight excluding hydrogens is 779 g/mol. The van der Waals surface area contributed by atoms with E-state index in [0.29, 0.717) is 51.3 Å². The van der Waals surface area contributed by atoms with Crippen molar-refractivity contribution in [2.45, 2.75) is 113 Å². The molecule has 19 heteroatoms. The van der Waals surface area contributed by atoms with E-state index < -0.39 is 92.2 Å². The first-order valence-electron chi connectivity index (χ1n) is 18.9. The standard InChI is InChI=1S/C38H47F4N5O9S/c1-20-8-6-7-9-23-18-37(23,34(50)46-57(52,53)25-10-11-25)45-31(48)28-16-24(55-32-26-17-27(39)29(54-5)15-22(26)12-13-43-32)19-47(28)33(49)30(21(2)14-20)44-35(51)56-36(3,4)38(40,41)42/h7,9,12-13,15,17,20-21,23-25,28,30H,6,8,10-11,14,16,18-19H2,1-5H3,(H,44,51)(H,45,48)(H,46,50)/b9-7-/t20-,21-,23-,24-,28+,30+,37-/m1/s1. The Hall–Kier alpha value is -4.68. The van der Waals surface area contributed by atoms with Gasteiger partial charge in [0.05, 0.1) is 18.9 Å². The van der Waals surface area contributed by atoms with Crippen LogP contribution in [0.5, 0.6) is 11.6 Å². The molecule has 7 atom stereocenters. The number of ether oxygens (including phenoxy) is 3. The Bertz CT molecular complexity index is 2060. The summed E-state index contributed by atoms with van der Waals surface area (Å²) < 4.78 is 99.8. The molecule has 312 valence electrons. The van der Waals surface area contributed by atoms with Gasteiger partial charge in [0.15, 0.2) is 11.6 Å². The molecule has 0 spiro atoms. The summed E-state index contributed by atoms with van der Waals surface area (Å²) in [5, 5.41) is 5.12. The maximum absolute atomic E-state index is 14.8. The van der Waals surface area contributed by atoms with E-state index in [-0.39, 0.29) is 42.3 Å². The van der Waals surface area contributed by atoms with Crippen molar-refractivity contribution in [2.75, 3.05) is 13.7 Å². The van der Waals surface area contributed by atoms with E-state index in [0.717, 1.165) is 11.0 Å². The van der Waals surface area contributed by atoms with E-state index in [4.69, 9.17) is 14.2 Å². The third kappa shape index (κ3) is 8.92. The van der Waals surface area contributed by atoms with Crippen LogP contribution in [0.4, 0.5) is 22.4 Å². The molecular formula is C38H47F4N5O9S. The number of aromatic nitrogens is 1. The van der Waals surface area contributed by atoms with Crippen molar-refractivity contribution >= 4 is 44.6 Å². The summed E-state index contributed by atoms with van der Waals surface area (Å²) in [6, 6.07) is 1.35. The van der Waals surface area contributed by atoms with E-state index in [2.05, 4.69) is 20.3 Å². The monoisotopic (exact) mass is 825 g/mol. The first-order valence-corrected chi connectivity index (χ1v) is 20.4. The van der Waals surface area contributed by atoms with Gasteiger partial charge in [0.2, 0.25) is 33.3 Å². The Morgan fingerprint density at radius 3 is 2.47 bits per heavy atom. The fourth-order valence-corrected chi connectivity index (χ4v) is 8.86. The number of halogens is 4. The van der Waals surface area contributed by atoms with E-state index in [1.807, 2.05) is 13.0 Å². The van der Waals surface area contributed by atoms with Crippen LogP contribution in [0.1, 0.15) is 72.6 Å². The number of amides is 4. The fourth-order valence-electron chi connectivity index (χ4n) is 7.50. The molecule has 4 aliphatic rings. The molecule has 14 nitrogen and oxygen atoms in total. The van der Waals surface area contributed by atoms with Gasteiger partial charge in [-0.1, -0.05) is 26.0 Å². The molecule has 0 radical (unpaired) electrons.